The smallest absolute Gasteiger partial charge is 0.326 e. The molecule has 0 radical (unpaired) electrons. The zero-order valence-electron chi connectivity index (χ0n) is 40.6. The maximum absolute atomic E-state index is 12.3. The molecule has 0 spiro atoms. The number of carbonyl (C=O) groups excluding carboxylic acids is 5. The van der Waals surface area contributed by atoms with Crippen LogP contribution in [0.1, 0.15) is 181 Å². The maximum Gasteiger partial charge on any atom is 0.326 e. The van der Waals surface area contributed by atoms with Crippen molar-refractivity contribution in [2.24, 2.45) is 5.92 Å². The number of carboxylic acids is 3. The molecule has 66 heavy (non-hydrogen) atoms. The van der Waals surface area contributed by atoms with Crippen molar-refractivity contribution in [2.45, 2.75) is 187 Å². The fraction of sp³-hybridized carbons (Fsp3) is 0.833. The third kappa shape index (κ3) is 47.9. The summed E-state index contributed by atoms with van der Waals surface area (Å²) in [5.74, 6) is -4.33. The first-order valence-corrected chi connectivity index (χ1v) is 24.6. The van der Waals surface area contributed by atoms with Crippen LogP contribution in [0.15, 0.2) is 0 Å². The molecule has 0 aromatic heterocycles. The molecule has 0 aliphatic heterocycles. The van der Waals surface area contributed by atoms with Gasteiger partial charge in [-0.3, -0.25) is 28.8 Å². The molecule has 0 rings (SSSR count). The van der Waals surface area contributed by atoms with E-state index in [4.69, 9.17) is 29.2 Å². The van der Waals surface area contributed by atoms with Crippen LogP contribution in [0.5, 0.6) is 0 Å². The van der Waals surface area contributed by atoms with Gasteiger partial charge in [0.05, 0.1) is 39.0 Å². The Bertz CT molecular complexity index is 1300. The van der Waals surface area contributed by atoms with Gasteiger partial charge in [0.15, 0.2) is 0 Å². The summed E-state index contributed by atoms with van der Waals surface area (Å²) in [4.78, 5) is 91.0. The summed E-state index contributed by atoms with van der Waals surface area (Å²) in [5.41, 5.74) is 0. The lowest BCUT2D eigenvalue weighted by Gasteiger charge is -2.14. The lowest BCUT2D eigenvalue weighted by Crippen LogP contribution is -2.42. The van der Waals surface area contributed by atoms with Crippen LogP contribution in [0, 0.1) is 5.92 Å². The van der Waals surface area contributed by atoms with Crippen LogP contribution in [0.2, 0.25) is 0 Å². The average molecular weight is 946 g/mol. The second-order valence-corrected chi connectivity index (χ2v) is 16.4. The van der Waals surface area contributed by atoms with Crippen molar-refractivity contribution in [3.63, 3.8) is 0 Å². The standard InChI is InChI=1S/C30H55NO8.C18H32N2O7/c1-2-38-23-24-39-22-21-31-28(33)20-19-26(30(36)37)25-27(32)17-15-13-11-9-7-5-3-4-6-8-10-12-14-16-18-29(34)35;1-3-16(22)19-9-5-4-8-15(18(24)25)20-17(23)13-27-12-11-26-10-6-7-14(2)21/h26H,2-25H2,1H3,(H,31,33)(H,34,35)(H,36,37);15H,3-13H2,1-2H3,(H,19,22)(H,20,23)(H,24,25). The van der Waals surface area contributed by atoms with E-state index in [1.165, 1.54) is 58.3 Å². The van der Waals surface area contributed by atoms with Gasteiger partial charge in [-0.05, 0) is 58.8 Å². The Balaban J connectivity index is 0. The van der Waals surface area contributed by atoms with Gasteiger partial charge in [0.25, 0.3) is 0 Å². The van der Waals surface area contributed by atoms with Gasteiger partial charge in [-0.1, -0.05) is 84.0 Å². The highest BCUT2D eigenvalue weighted by Gasteiger charge is 2.22. The molecule has 0 fully saturated rings. The first kappa shape index (κ1) is 64.1. The molecule has 18 nitrogen and oxygen atoms in total. The van der Waals surface area contributed by atoms with E-state index in [0.29, 0.717) is 91.3 Å². The van der Waals surface area contributed by atoms with Crippen LogP contribution < -0.4 is 16.0 Å². The largest absolute Gasteiger partial charge is 0.481 e. The number of hydrogen-bond acceptors (Lipinski definition) is 12. The highest BCUT2D eigenvalue weighted by Crippen LogP contribution is 2.17. The molecule has 3 amide bonds. The number of aliphatic carboxylic acids is 3. The maximum atomic E-state index is 12.3. The zero-order chi connectivity index (χ0) is 49.5. The van der Waals surface area contributed by atoms with E-state index in [1.54, 1.807) is 6.92 Å². The lowest BCUT2D eigenvalue weighted by atomic mass is 9.94. The van der Waals surface area contributed by atoms with Gasteiger partial charge in [-0.15, -0.1) is 0 Å². The zero-order valence-corrected chi connectivity index (χ0v) is 40.6. The lowest BCUT2D eigenvalue weighted by molar-refractivity contribution is -0.144. The minimum Gasteiger partial charge on any atom is -0.481 e. The summed E-state index contributed by atoms with van der Waals surface area (Å²) in [5, 5.41) is 35.1. The average Bonchev–Trinajstić information content (AvgIpc) is 3.27. The Labute approximate surface area is 394 Å². The summed E-state index contributed by atoms with van der Waals surface area (Å²) in [7, 11) is 0. The molecule has 0 aromatic carbocycles. The van der Waals surface area contributed by atoms with Crippen LogP contribution in [0.4, 0.5) is 0 Å². The van der Waals surface area contributed by atoms with Crippen molar-refractivity contribution < 1.29 is 72.6 Å². The Kier molecular flexibility index (Phi) is 46.1. The highest BCUT2D eigenvalue weighted by molar-refractivity contribution is 5.85. The summed E-state index contributed by atoms with van der Waals surface area (Å²) in [6, 6.07) is -0.981. The van der Waals surface area contributed by atoms with Gasteiger partial charge >= 0.3 is 17.9 Å². The summed E-state index contributed by atoms with van der Waals surface area (Å²) in [6.45, 7) is 8.76. The molecule has 6 N–H and O–H groups in total. The monoisotopic (exact) mass is 946 g/mol. The van der Waals surface area contributed by atoms with E-state index in [9.17, 15) is 43.5 Å². The van der Waals surface area contributed by atoms with Crippen molar-refractivity contribution in [3.8, 4) is 0 Å². The summed E-state index contributed by atoms with van der Waals surface area (Å²) < 4.78 is 20.9. The van der Waals surface area contributed by atoms with Gasteiger partial charge in [-0.25, -0.2) is 4.79 Å². The molecule has 0 saturated carbocycles. The number of unbranched alkanes of at least 4 members (excludes halogenated alkanes) is 14. The topological polar surface area (TPSA) is 270 Å². The van der Waals surface area contributed by atoms with Crippen LogP contribution in [-0.4, -0.2) is 135 Å². The summed E-state index contributed by atoms with van der Waals surface area (Å²) >= 11 is 0. The first-order valence-electron chi connectivity index (χ1n) is 24.6. The van der Waals surface area contributed by atoms with Crippen molar-refractivity contribution in [3.05, 3.63) is 0 Å². The van der Waals surface area contributed by atoms with E-state index in [2.05, 4.69) is 16.0 Å². The SMILES string of the molecule is CCC(=O)NCCCCC(NC(=O)COCCOCCCC(C)=O)C(=O)O.CCOCCOCCNC(=O)CCC(CC(=O)CCCCCCCCCCCCCCCCC(=O)O)C(=O)O. The minimum atomic E-state index is -1.10. The molecule has 0 saturated heterocycles. The third-order valence-corrected chi connectivity index (χ3v) is 10.4. The molecule has 0 heterocycles. The van der Waals surface area contributed by atoms with Gasteiger partial charge in [0, 0.05) is 64.8 Å². The number of ketones is 2. The normalized spacial score (nSPS) is 11.7. The van der Waals surface area contributed by atoms with Crippen LogP contribution >= 0.6 is 0 Å². The Morgan fingerprint density at radius 3 is 1.53 bits per heavy atom. The summed E-state index contributed by atoms with van der Waals surface area (Å²) in [6.07, 6.45) is 19.6. The van der Waals surface area contributed by atoms with Crippen LogP contribution in [-0.2, 0) is 57.3 Å². The Morgan fingerprint density at radius 1 is 0.470 bits per heavy atom. The van der Waals surface area contributed by atoms with Gasteiger partial charge < -0.3 is 55.0 Å². The molecule has 2 atom stereocenters. The number of Topliss-reactive ketones (excluding diaryl/α,β-unsaturated/α-hetero) is 2. The second kappa shape index (κ2) is 47.5. The number of carboxylic acid groups (broad SMARTS) is 3. The molecule has 0 aliphatic carbocycles. The van der Waals surface area contributed by atoms with E-state index in [0.717, 1.165) is 38.5 Å². The van der Waals surface area contributed by atoms with Crippen molar-refractivity contribution in [2.75, 3.05) is 65.9 Å². The second-order valence-electron chi connectivity index (χ2n) is 16.4. The quantitative estimate of drug-likeness (QED) is 0.0352. The Morgan fingerprint density at radius 2 is 1.00 bits per heavy atom. The predicted octanol–water partition coefficient (Wildman–Crippen LogP) is 6.58. The van der Waals surface area contributed by atoms with E-state index in [1.807, 2.05) is 6.92 Å². The third-order valence-electron chi connectivity index (χ3n) is 10.4. The molecule has 0 bridgehead atoms. The number of hydrogen-bond donors (Lipinski definition) is 6. The molecule has 18 heteroatoms. The number of ether oxygens (including phenoxy) is 4. The molecular formula is C48H87N3O15. The van der Waals surface area contributed by atoms with Crippen molar-refractivity contribution >= 4 is 47.2 Å². The van der Waals surface area contributed by atoms with E-state index in [-0.39, 0.29) is 68.7 Å². The van der Waals surface area contributed by atoms with Crippen LogP contribution in [0.25, 0.3) is 0 Å². The number of carbonyl (C=O) groups is 8. The molecule has 0 aliphatic rings. The van der Waals surface area contributed by atoms with Gasteiger partial charge in [-0.2, -0.15) is 0 Å². The van der Waals surface area contributed by atoms with E-state index < -0.39 is 35.8 Å². The molecule has 0 aromatic rings. The van der Waals surface area contributed by atoms with Crippen LogP contribution in [0.3, 0.4) is 0 Å². The van der Waals surface area contributed by atoms with Gasteiger partial charge in [0.1, 0.15) is 24.2 Å². The van der Waals surface area contributed by atoms with Gasteiger partial charge in [0.2, 0.25) is 17.7 Å². The number of rotatable bonds is 47. The first-order chi connectivity index (χ1) is 31.7. The number of amides is 3. The van der Waals surface area contributed by atoms with Crippen molar-refractivity contribution in [1.29, 1.82) is 0 Å². The molecular weight excluding hydrogens is 859 g/mol. The van der Waals surface area contributed by atoms with E-state index >= 15 is 0 Å². The highest BCUT2D eigenvalue weighted by atomic mass is 16.5. The number of nitrogens with one attached hydrogen (secondary N) is 3. The predicted molar refractivity (Wildman–Crippen MR) is 250 cm³/mol. The Hall–Kier alpha value is -4.00. The fourth-order valence-electron chi connectivity index (χ4n) is 6.56. The molecule has 384 valence electrons. The minimum absolute atomic E-state index is 0.00844. The molecule has 2 unspecified atom stereocenters. The fourth-order valence-corrected chi connectivity index (χ4v) is 6.56. The van der Waals surface area contributed by atoms with Crippen molar-refractivity contribution in [1.82, 2.24) is 16.0 Å².